The van der Waals surface area contributed by atoms with E-state index in [0.29, 0.717) is 17.5 Å². The van der Waals surface area contributed by atoms with Crippen molar-refractivity contribution in [3.63, 3.8) is 0 Å². The van der Waals surface area contributed by atoms with Crippen molar-refractivity contribution in [3.8, 4) is 5.75 Å². The number of fused-ring (bicyclic) bond motifs is 1. The zero-order chi connectivity index (χ0) is 26.9. The molecule has 1 saturated heterocycles. The third-order valence-corrected chi connectivity index (χ3v) is 6.44. The number of ether oxygens (including phenoxy) is 1. The minimum atomic E-state index is -4.83. The largest absolute Gasteiger partial charge is 0.573 e. The molecule has 12 heteroatoms. The lowest BCUT2D eigenvalue weighted by Gasteiger charge is -2.30. The Bertz CT molecular complexity index is 1230. The van der Waals surface area contributed by atoms with E-state index in [4.69, 9.17) is 0 Å². The van der Waals surface area contributed by atoms with Gasteiger partial charge in [0.25, 0.3) is 11.8 Å². The van der Waals surface area contributed by atoms with Gasteiger partial charge in [0.1, 0.15) is 5.75 Å². The Hall–Kier alpha value is -3.93. The number of aliphatic hydroxyl groups is 1. The van der Waals surface area contributed by atoms with Crippen LogP contribution in [0.2, 0.25) is 0 Å². The van der Waals surface area contributed by atoms with Crippen molar-refractivity contribution >= 4 is 23.6 Å². The van der Waals surface area contributed by atoms with Crippen LogP contribution in [0.1, 0.15) is 57.8 Å². The van der Waals surface area contributed by atoms with Crippen LogP contribution in [0.4, 0.5) is 13.2 Å². The second-order valence-corrected chi connectivity index (χ2v) is 9.04. The van der Waals surface area contributed by atoms with Gasteiger partial charge in [-0.25, -0.2) is 0 Å². The molecule has 3 atom stereocenters. The highest BCUT2D eigenvalue weighted by Gasteiger charge is 2.39. The average molecular weight is 519 g/mol. The number of nitrogens with one attached hydrogen (secondary N) is 2. The van der Waals surface area contributed by atoms with E-state index in [2.05, 4.69) is 15.4 Å². The lowest BCUT2D eigenvalue weighted by Crippen LogP contribution is -2.45. The minimum absolute atomic E-state index is 0.0307. The first-order chi connectivity index (χ1) is 17.4. The van der Waals surface area contributed by atoms with Crippen molar-refractivity contribution in [2.24, 2.45) is 11.8 Å². The van der Waals surface area contributed by atoms with Crippen LogP contribution < -0.4 is 15.4 Å². The maximum Gasteiger partial charge on any atom is 0.573 e. The van der Waals surface area contributed by atoms with Gasteiger partial charge in [0.2, 0.25) is 11.8 Å². The third kappa shape index (κ3) is 5.91. The first-order valence-corrected chi connectivity index (χ1v) is 11.5. The van der Waals surface area contributed by atoms with Crippen LogP contribution in [-0.2, 0) is 16.1 Å². The highest BCUT2D eigenvalue weighted by Crippen LogP contribution is 2.34. The second-order valence-electron chi connectivity index (χ2n) is 9.04. The maximum atomic E-state index is 13.0. The van der Waals surface area contributed by atoms with Crippen molar-refractivity contribution in [3.05, 3.63) is 64.7 Å². The van der Waals surface area contributed by atoms with E-state index in [1.807, 2.05) is 0 Å². The van der Waals surface area contributed by atoms with Crippen molar-refractivity contribution in [2.45, 2.75) is 38.9 Å². The van der Waals surface area contributed by atoms with Crippen LogP contribution in [0.5, 0.6) is 5.75 Å². The molecule has 0 saturated carbocycles. The average Bonchev–Trinajstić information content (AvgIpc) is 3.06. The third-order valence-electron chi connectivity index (χ3n) is 6.44. The number of hydrogen-bond acceptors (Lipinski definition) is 6. The summed E-state index contributed by atoms with van der Waals surface area (Å²) in [5.74, 6) is -2.88. The smallest absolute Gasteiger partial charge is 0.406 e. The Kier molecular flexibility index (Phi) is 7.21. The molecule has 1 fully saturated rings. The Morgan fingerprint density at radius 1 is 1.19 bits per heavy atom. The van der Waals surface area contributed by atoms with E-state index in [1.165, 1.54) is 17.0 Å². The zero-order valence-corrected chi connectivity index (χ0v) is 19.7. The number of benzene rings is 2. The molecule has 4 rings (SSSR count). The molecule has 2 aromatic carbocycles. The van der Waals surface area contributed by atoms with E-state index in [-0.39, 0.29) is 48.4 Å². The number of halogens is 3. The highest BCUT2D eigenvalue weighted by atomic mass is 19.4. The van der Waals surface area contributed by atoms with Gasteiger partial charge in [-0.3, -0.25) is 24.5 Å². The van der Waals surface area contributed by atoms with Crippen LogP contribution >= 0.6 is 0 Å². The molecule has 37 heavy (non-hydrogen) atoms. The van der Waals surface area contributed by atoms with Crippen LogP contribution in [0.25, 0.3) is 0 Å². The quantitative estimate of drug-likeness (QED) is 0.483. The van der Waals surface area contributed by atoms with Crippen molar-refractivity contribution in [1.29, 1.82) is 0 Å². The predicted octanol–water partition coefficient (Wildman–Crippen LogP) is 2.65. The van der Waals surface area contributed by atoms with E-state index in [0.717, 1.165) is 12.1 Å². The molecule has 2 aromatic rings. The van der Waals surface area contributed by atoms with Crippen molar-refractivity contribution in [1.82, 2.24) is 15.5 Å². The first-order valence-electron chi connectivity index (χ1n) is 11.5. The summed E-state index contributed by atoms with van der Waals surface area (Å²) in [5, 5.41) is 15.7. The number of aliphatic hydroxyl groups excluding tert-OH is 1. The van der Waals surface area contributed by atoms with E-state index in [1.54, 1.807) is 25.1 Å². The van der Waals surface area contributed by atoms with Crippen molar-refractivity contribution < 1.29 is 42.2 Å². The number of alkyl halides is 3. The van der Waals surface area contributed by atoms with Crippen LogP contribution in [0, 0.1) is 11.8 Å². The molecular formula is C25H24F3N3O6. The fourth-order valence-electron chi connectivity index (χ4n) is 4.52. The number of carbonyl (C=O) groups excluding carboxylic acids is 4. The van der Waals surface area contributed by atoms with Gasteiger partial charge in [-0.2, -0.15) is 0 Å². The maximum absolute atomic E-state index is 13.0. The van der Waals surface area contributed by atoms with Gasteiger partial charge < -0.3 is 20.1 Å². The molecular weight excluding hydrogens is 495 g/mol. The van der Waals surface area contributed by atoms with E-state index >= 15 is 0 Å². The van der Waals surface area contributed by atoms with Gasteiger partial charge in [0, 0.05) is 42.1 Å². The van der Waals surface area contributed by atoms with E-state index in [9.17, 15) is 37.5 Å². The summed E-state index contributed by atoms with van der Waals surface area (Å²) >= 11 is 0. The summed E-state index contributed by atoms with van der Waals surface area (Å²) in [6.45, 7) is 1.93. The fraction of sp³-hybridized carbons (Fsp3) is 0.360. The molecule has 2 aliphatic rings. The lowest BCUT2D eigenvalue weighted by molar-refractivity contribution is -0.274. The SMILES string of the molecule is C[C@@H](CN1C(=O)c2cc(CNC(=O)c3ccc(OC(F)(F)F)cc3)ccc2C1O)C1CCC(=O)NC1=O. The molecule has 0 spiro atoms. The van der Waals surface area contributed by atoms with Crippen LogP contribution in [0.15, 0.2) is 42.5 Å². The molecule has 2 unspecified atom stereocenters. The summed E-state index contributed by atoms with van der Waals surface area (Å²) in [4.78, 5) is 50.3. The standard InChI is InChI=1S/C25H24F3N3O6/c1-13(17-8-9-20(32)30-22(17)34)12-31-23(35)18-7-2-14(10-19(18)24(31)36)11-29-21(33)15-3-5-16(6-4-15)37-25(26,27)28/h2-7,10,13,17,23,35H,8-9,11-12H2,1H3,(H,29,33)(H,30,32,34)/t13-,17?,23?/m0/s1. The van der Waals surface area contributed by atoms with Crippen LogP contribution in [0.3, 0.4) is 0 Å². The Labute approximate surface area is 209 Å². The Morgan fingerprint density at radius 3 is 2.54 bits per heavy atom. The lowest BCUT2D eigenvalue weighted by atomic mass is 9.86. The summed E-state index contributed by atoms with van der Waals surface area (Å²) in [7, 11) is 0. The van der Waals surface area contributed by atoms with Gasteiger partial charge in [-0.05, 0) is 48.2 Å². The molecule has 0 aromatic heterocycles. The highest BCUT2D eigenvalue weighted by molar-refractivity contribution is 6.00. The zero-order valence-electron chi connectivity index (χ0n) is 19.7. The summed E-state index contributed by atoms with van der Waals surface area (Å²) in [6, 6.07) is 9.23. The van der Waals surface area contributed by atoms with Gasteiger partial charge >= 0.3 is 6.36 Å². The molecule has 196 valence electrons. The molecule has 2 aliphatic heterocycles. The van der Waals surface area contributed by atoms with Gasteiger partial charge in [-0.15, -0.1) is 13.2 Å². The topological polar surface area (TPSA) is 125 Å². The second kappa shape index (κ2) is 10.2. The number of imide groups is 1. The van der Waals surface area contributed by atoms with Crippen molar-refractivity contribution in [2.75, 3.05) is 6.54 Å². The predicted molar refractivity (Wildman–Crippen MR) is 122 cm³/mol. The molecule has 2 heterocycles. The number of amides is 4. The number of hydrogen-bond donors (Lipinski definition) is 3. The summed E-state index contributed by atoms with van der Waals surface area (Å²) in [5.41, 5.74) is 1.36. The summed E-state index contributed by atoms with van der Waals surface area (Å²) in [6.07, 6.45) is -5.43. The molecule has 3 N–H and O–H groups in total. The Morgan fingerprint density at radius 2 is 1.89 bits per heavy atom. The first kappa shape index (κ1) is 26.1. The van der Waals surface area contributed by atoms with Gasteiger partial charge in [0.15, 0.2) is 6.23 Å². The molecule has 0 aliphatic carbocycles. The van der Waals surface area contributed by atoms with Gasteiger partial charge in [-0.1, -0.05) is 19.1 Å². The minimum Gasteiger partial charge on any atom is -0.406 e. The Balaban J connectivity index is 1.37. The monoisotopic (exact) mass is 519 g/mol. The molecule has 0 bridgehead atoms. The fourth-order valence-corrected chi connectivity index (χ4v) is 4.52. The van der Waals surface area contributed by atoms with E-state index < -0.39 is 36.1 Å². The summed E-state index contributed by atoms with van der Waals surface area (Å²) < 4.78 is 40.6. The number of carbonyl (C=O) groups is 4. The molecule has 0 radical (unpaired) electrons. The normalized spacial score (nSPS) is 20.4. The number of rotatable bonds is 7. The van der Waals surface area contributed by atoms with Gasteiger partial charge in [0.05, 0.1) is 0 Å². The van der Waals surface area contributed by atoms with Crippen LogP contribution in [-0.4, -0.2) is 46.5 Å². The molecule has 4 amide bonds. The molecule has 9 nitrogen and oxygen atoms in total. The number of piperidine rings is 1. The number of nitrogens with zero attached hydrogens (tertiary/aromatic N) is 1.